The van der Waals surface area contributed by atoms with Gasteiger partial charge >= 0.3 is 5.97 Å². The Bertz CT molecular complexity index is 1010. The summed E-state index contributed by atoms with van der Waals surface area (Å²) < 4.78 is 4.78. The first-order valence-electron chi connectivity index (χ1n) is 9.30. The smallest absolute Gasteiger partial charge is 0.306 e. The van der Waals surface area contributed by atoms with Crippen molar-refractivity contribution in [3.63, 3.8) is 0 Å². The summed E-state index contributed by atoms with van der Waals surface area (Å²) >= 11 is 5.87. The number of halogens is 1. The van der Waals surface area contributed by atoms with Gasteiger partial charge in [-0.25, -0.2) is 0 Å². The Morgan fingerprint density at radius 2 is 1.62 bits per heavy atom. The molecule has 168 valence electrons. The molecule has 0 saturated heterocycles. The van der Waals surface area contributed by atoms with E-state index < -0.39 is 29.3 Å². The summed E-state index contributed by atoms with van der Waals surface area (Å²) in [5.41, 5.74) is 4.70. The van der Waals surface area contributed by atoms with Crippen molar-refractivity contribution in [3.8, 4) is 0 Å². The summed E-state index contributed by atoms with van der Waals surface area (Å²) in [6.07, 6.45) is 0.0711. The van der Waals surface area contributed by atoms with Crippen LogP contribution in [0.5, 0.6) is 0 Å². The number of esters is 1. The van der Waals surface area contributed by atoms with E-state index >= 15 is 0 Å². The number of hydrazine groups is 1. The number of nitrogens with one attached hydrogen (secondary N) is 3. The Balaban J connectivity index is 1.61. The van der Waals surface area contributed by atoms with Crippen molar-refractivity contribution in [1.82, 2.24) is 10.9 Å². The van der Waals surface area contributed by atoms with Crippen molar-refractivity contribution in [1.29, 1.82) is 0 Å². The van der Waals surface area contributed by atoms with Crippen LogP contribution in [-0.4, -0.2) is 35.2 Å². The van der Waals surface area contributed by atoms with Gasteiger partial charge in [-0.2, -0.15) is 0 Å². The third kappa shape index (κ3) is 8.03. The van der Waals surface area contributed by atoms with Crippen LogP contribution in [0.25, 0.3) is 0 Å². The Labute approximate surface area is 187 Å². The van der Waals surface area contributed by atoms with Crippen LogP contribution >= 0.6 is 11.6 Å². The number of non-ortho nitro benzene ring substituents is 1. The van der Waals surface area contributed by atoms with Gasteiger partial charge < -0.3 is 10.1 Å². The highest BCUT2D eigenvalue weighted by Crippen LogP contribution is 2.16. The number of amides is 3. The zero-order chi connectivity index (χ0) is 23.5. The molecule has 0 aliphatic heterocycles. The summed E-state index contributed by atoms with van der Waals surface area (Å²) in [7, 11) is 0. The number of nitro benzene ring substituents is 1. The molecule has 32 heavy (non-hydrogen) atoms. The molecule has 2 rings (SSSR count). The van der Waals surface area contributed by atoms with Gasteiger partial charge in [0.15, 0.2) is 6.61 Å². The zero-order valence-corrected chi connectivity index (χ0v) is 17.4. The molecule has 2 aromatic carbocycles. The molecule has 3 N–H and O–H groups in total. The first-order chi connectivity index (χ1) is 15.3. The van der Waals surface area contributed by atoms with Crippen LogP contribution in [0.3, 0.4) is 0 Å². The highest BCUT2D eigenvalue weighted by molar-refractivity contribution is 6.33. The van der Waals surface area contributed by atoms with Gasteiger partial charge in [0.2, 0.25) is 5.91 Å². The van der Waals surface area contributed by atoms with Crippen LogP contribution in [0, 0.1) is 10.1 Å². The lowest BCUT2D eigenvalue weighted by Gasteiger charge is -2.09. The molecule has 0 atom stereocenters. The Morgan fingerprint density at radius 3 is 2.28 bits per heavy atom. The molecule has 2 aromatic rings. The summed E-state index contributed by atoms with van der Waals surface area (Å²) in [5.74, 6) is -2.46. The average molecular weight is 463 g/mol. The van der Waals surface area contributed by atoms with E-state index in [1.165, 1.54) is 36.4 Å². The maximum atomic E-state index is 11.9. The maximum absolute atomic E-state index is 11.9. The molecule has 3 amide bonds. The molecule has 12 heteroatoms. The van der Waals surface area contributed by atoms with E-state index in [1.54, 1.807) is 12.1 Å². The summed E-state index contributed by atoms with van der Waals surface area (Å²) in [4.78, 5) is 57.2. The summed E-state index contributed by atoms with van der Waals surface area (Å²) in [6.45, 7) is -0.614. The molecule has 0 aliphatic rings. The molecule has 0 fully saturated rings. The monoisotopic (exact) mass is 462 g/mol. The molecule has 0 bridgehead atoms. The molecular formula is C20H19ClN4O7. The molecule has 0 aromatic heterocycles. The SMILES string of the molecule is O=C(COC(=O)CCCC(=O)Nc1ccc([N+](=O)[O-])cc1)NNC(=O)c1ccccc1Cl. The van der Waals surface area contributed by atoms with Gasteiger partial charge in [-0.1, -0.05) is 23.7 Å². The molecule has 0 heterocycles. The predicted molar refractivity (Wildman–Crippen MR) is 114 cm³/mol. The fourth-order valence-corrected chi connectivity index (χ4v) is 2.60. The van der Waals surface area contributed by atoms with E-state index in [-0.39, 0.29) is 41.4 Å². The number of carbonyl (C=O) groups excluding carboxylic acids is 4. The second-order valence-electron chi connectivity index (χ2n) is 6.35. The topological polar surface area (TPSA) is 157 Å². The third-order valence-electron chi connectivity index (χ3n) is 3.94. The average Bonchev–Trinajstić information content (AvgIpc) is 2.76. The van der Waals surface area contributed by atoms with E-state index in [2.05, 4.69) is 16.2 Å². The lowest BCUT2D eigenvalue weighted by Crippen LogP contribution is -2.43. The first kappa shape index (κ1) is 24.3. The number of hydrogen-bond acceptors (Lipinski definition) is 7. The second kappa shape index (κ2) is 12.0. The number of nitrogens with zero attached hydrogens (tertiary/aromatic N) is 1. The van der Waals surface area contributed by atoms with Crippen LogP contribution < -0.4 is 16.2 Å². The first-order valence-corrected chi connectivity index (χ1v) is 9.67. The lowest BCUT2D eigenvalue weighted by molar-refractivity contribution is -0.384. The van der Waals surface area contributed by atoms with Crippen LogP contribution in [0.4, 0.5) is 11.4 Å². The predicted octanol–water partition coefficient (Wildman–Crippen LogP) is 2.36. The minimum absolute atomic E-state index is 0.00613. The molecule has 0 spiro atoms. The van der Waals surface area contributed by atoms with Crippen LogP contribution in [0.1, 0.15) is 29.6 Å². The number of hydrogen-bond donors (Lipinski definition) is 3. The van der Waals surface area contributed by atoms with Crippen molar-refractivity contribution in [2.45, 2.75) is 19.3 Å². The largest absolute Gasteiger partial charge is 0.455 e. The van der Waals surface area contributed by atoms with E-state index in [9.17, 15) is 29.3 Å². The Kier molecular flexibility index (Phi) is 9.11. The Morgan fingerprint density at radius 1 is 0.938 bits per heavy atom. The minimum Gasteiger partial charge on any atom is -0.455 e. The minimum atomic E-state index is -0.755. The van der Waals surface area contributed by atoms with E-state index in [1.807, 2.05) is 0 Å². The fourth-order valence-electron chi connectivity index (χ4n) is 2.38. The third-order valence-corrected chi connectivity index (χ3v) is 4.27. The molecule has 0 aliphatic carbocycles. The quantitative estimate of drug-likeness (QED) is 0.293. The van der Waals surface area contributed by atoms with Gasteiger partial charge in [0.25, 0.3) is 17.5 Å². The van der Waals surface area contributed by atoms with Crippen molar-refractivity contribution in [3.05, 3.63) is 69.2 Å². The van der Waals surface area contributed by atoms with Crippen LogP contribution in [0.2, 0.25) is 5.02 Å². The standard InChI is InChI=1S/C20H19ClN4O7/c21-16-5-2-1-4-15(16)20(29)24-23-18(27)12-32-19(28)7-3-6-17(26)22-13-8-10-14(11-9-13)25(30)31/h1-2,4-5,8-11H,3,6-7,12H2,(H,22,26)(H,23,27)(H,24,29). The highest BCUT2D eigenvalue weighted by Gasteiger charge is 2.13. The van der Waals surface area contributed by atoms with Crippen molar-refractivity contribution < 1.29 is 28.8 Å². The van der Waals surface area contributed by atoms with Crippen molar-refractivity contribution >= 4 is 46.7 Å². The van der Waals surface area contributed by atoms with Crippen molar-refractivity contribution in [2.24, 2.45) is 0 Å². The van der Waals surface area contributed by atoms with Gasteiger partial charge in [0, 0.05) is 30.7 Å². The zero-order valence-electron chi connectivity index (χ0n) is 16.6. The molecule has 11 nitrogen and oxygen atoms in total. The van der Waals surface area contributed by atoms with Crippen LogP contribution in [0.15, 0.2) is 48.5 Å². The van der Waals surface area contributed by atoms with Gasteiger partial charge in [-0.15, -0.1) is 0 Å². The summed E-state index contributed by atoms with van der Waals surface area (Å²) in [6, 6.07) is 11.6. The van der Waals surface area contributed by atoms with Gasteiger partial charge in [-0.3, -0.25) is 40.1 Å². The van der Waals surface area contributed by atoms with Gasteiger partial charge in [-0.05, 0) is 30.7 Å². The number of rotatable bonds is 9. The number of carbonyl (C=O) groups is 4. The summed E-state index contributed by atoms with van der Waals surface area (Å²) in [5, 5.41) is 13.4. The van der Waals surface area contributed by atoms with E-state index in [4.69, 9.17) is 16.3 Å². The number of nitro groups is 1. The van der Waals surface area contributed by atoms with Crippen molar-refractivity contribution in [2.75, 3.05) is 11.9 Å². The normalized spacial score (nSPS) is 10.0. The fraction of sp³-hybridized carbons (Fsp3) is 0.200. The second-order valence-corrected chi connectivity index (χ2v) is 6.76. The van der Waals surface area contributed by atoms with Gasteiger partial charge in [0.1, 0.15) is 0 Å². The van der Waals surface area contributed by atoms with E-state index in [0.717, 1.165) is 0 Å². The highest BCUT2D eigenvalue weighted by atomic mass is 35.5. The number of ether oxygens (including phenoxy) is 1. The molecule has 0 unspecified atom stereocenters. The number of benzene rings is 2. The Hall–Kier alpha value is -3.99. The van der Waals surface area contributed by atoms with Gasteiger partial charge in [0.05, 0.1) is 15.5 Å². The van der Waals surface area contributed by atoms with E-state index in [0.29, 0.717) is 5.69 Å². The number of anilines is 1. The lowest BCUT2D eigenvalue weighted by atomic mass is 10.2. The maximum Gasteiger partial charge on any atom is 0.306 e. The molecular weight excluding hydrogens is 444 g/mol. The molecule has 0 radical (unpaired) electrons. The molecule has 0 saturated carbocycles. The van der Waals surface area contributed by atoms with Crippen LogP contribution in [-0.2, 0) is 19.1 Å².